The Morgan fingerprint density at radius 1 is 1.08 bits per heavy atom. The average Bonchev–Trinajstić information content (AvgIpc) is 2.92. The van der Waals surface area contributed by atoms with Gasteiger partial charge in [-0.25, -0.2) is 14.4 Å². The second-order valence-corrected chi connectivity index (χ2v) is 6.88. The van der Waals surface area contributed by atoms with Gasteiger partial charge in [0.2, 0.25) is 11.8 Å². The van der Waals surface area contributed by atoms with Crippen molar-refractivity contribution >= 4 is 38.7 Å². The summed E-state index contributed by atoms with van der Waals surface area (Å²) < 4.78 is 13.8. The fourth-order valence-corrected chi connectivity index (χ4v) is 2.92. The summed E-state index contributed by atoms with van der Waals surface area (Å²) >= 11 is 0. The molecule has 24 heavy (non-hydrogen) atoms. The van der Waals surface area contributed by atoms with Crippen LogP contribution in [-0.2, 0) is 5.41 Å². The van der Waals surface area contributed by atoms with Crippen LogP contribution < -0.4 is 5.73 Å². The molecule has 0 amide bonds. The topological polar surface area (TPSA) is 101 Å². The highest BCUT2D eigenvalue weighted by Crippen LogP contribution is 2.38. The molecule has 2 aromatic heterocycles. The van der Waals surface area contributed by atoms with Crippen LogP contribution in [0.25, 0.3) is 32.7 Å². The van der Waals surface area contributed by atoms with E-state index >= 15 is 0 Å². The van der Waals surface area contributed by atoms with E-state index in [4.69, 9.17) is 10.7 Å². The first kappa shape index (κ1) is 14.6. The lowest BCUT2D eigenvalue weighted by atomic mass is 9.96. The Morgan fingerprint density at radius 3 is 2.54 bits per heavy atom. The normalized spacial score (nSPS) is 12.5. The standard InChI is InChI=1S/C17H16FN5O/c1-17(2,3)15-20-11-8-5-4-7(18)6-9(8)10-12(13(11)21-15)22-16(19)23-14(10)24/h4-6H,1-3H3,(H,20,21)(H3,19,22,23,24). The van der Waals surface area contributed by atoms with E-state index in [1.807, 2.05) is 20.8 Å². The number of benzene rings is 2. The summed E-state index contributed by atoms with van der Waals surface area (Å²) in [7, 11) is 0. The maximum absolute atomic E-state index is 13.8. The van der Waals surface area contributed by atoms with Crippen LogP contribution in [0, 0.1) is 5.82 Å². The van der Waals surface area contributed by atoms with Crippen molar-refractivity contribution in [3.63, 3.8) is 0 Å². The molecule has 6 nitrogen and oxygen atoms in total. The van der Waals surface area contributed by atoms with Crippen molar-refractivity contribution < 1.29 is 9.50 Å². The third-order valence-corrected chi connectivity index (χ3v) is 4.06. The summed E-state index contributed by atoms with van der Waals surface area (Å²) in [4.78, 5) is 16.0. The van der Waals surface area contributed by atoms with E-state index in [2.05, 4.69) is 15.0 Å². The Labute approximate surface area is 136 Å². The molecule has 2 heterocycles. The Hall–Kier alpha value is -2.96. The van der Waals surface area contributed by atoms with E-state index in [1.165, 1.54) is 12.1 Å². The SMILES string of the molecule is CC(C)(C)c1nc2c3ccc(F)cc3c3c(O)nc(N)nc3c2[nH]1. The van der Waals surface area contributed by atoms with E-state index in [1.54, 1.807) is 6.07 Å². The van der Waals surface area contributed by atoms with Crippen LogP contribution in [0.1, 0.15) is 26.6 Å². The molecule has 0 bridgehead atoms. The molecule has 0 unspecified atom stereocenters. The van der Waals surface area contributed by atoms with Gasteiger partial charge in [0, 0.05) is 16.2 Å². The van der Waals surface area contributed by atoms with Gasteiger partial charge in [0.05, 0.1) is 16.4 Å². The molecule has 122 valence electrons. The Bertz CT molecular complexity index is 1130. The Morgan fingerprint density at radius 2 is 1.83 bits per heavy atom. The molecule has 0 atom stereocenters. The van der Waals surface area contributed by atoms with Crippen molar-refractivity contribution in [1.82, 2.24) is 19.9 Å². The molecule has 0 radical (unpaired) electrons. The van der Waals surface area contributed by atoms with Crippen molar-refractivity contribution in [3.05, 3.63) is 29.8 Å². The number of nitrogen functional groups attached to an aromatic ring is 1. The van der Waals surface area contributed by atoms with E-state index in [-0.39, 0.29) is 17.2 Å². The maximum Gasteiger partial charge on any atom is 0.224 e. The molecule has 0 fully saturated rings. The van der Waals surface area contributed by atoms with E-state index < -0.39 is 5.82 Å². The molecule has 0 aliphatic carbocycles. The number of hydrogen-bond acceptors (Lipinski definition) is 5. The van der Waals surface area contributed by atoms with Crippen LogP contribution in [-0.4, -0.2) is 25.0 Å². The highest BCUT2D eigenvalue weighted by molar-refractivity contribution is 6.23. The molecule has 0 saturated heterocycles. The highest BCUT2D eigenvalue weighted by Gasteiger charge is 2.23. The van der Waals surface area contributed by atoms with Gasteiger partial charge < -0.3 is 15.8 Å². The number of imidazole rings is 1. The number of anilines is 1. The Balaban J connectivity index is 2.33. The van der Waals surface area contributed by atoms with Crippen LogP contribution in [0.15, 0.2) is 18.2 Å². The number of aromatic nitrogens is 4. The zero-order valence-corrected chi connectivity index (χ0v) is 13.5. The van der Waals surface area contributed by atoms with Gasteiger partial charge in [0.25, 0.3) is 0 Å². The van der Waals surface area contributed by atoms with Gasteiger partial charge in [-0.1, -0.05) is 20.8 Å². The number of nitrogens with zero attached hydrogens (tertiary/aromatic N) is 3. The highest BCUT2D eigenvalue weighted by atomic mass is 19.1. The second kappa shape index (κ2) is 4.53. The van der Waals surface area contributed by atoms with Gasteiger partial charge in [-0.3, -0.25) is 0 Å². The van der Waals surface area contributed by atoms with E-state index in [0.29, 0.717) is 32.7 Å². The summed E-state index contributed by atoms with van der Waals surface area (Å²) in [6, 6.07) is 4.37. The molecular weight excluding hydrogens is 309 g/mol. The number of aromatic hydroxyl groups is 1. The summed E-state index contributed by atoms with van der Waals surface area (Å²) in [5.74, 6) is 0.0316. The van der Waals surface area contributed by atoms with Crippen molar-refractivity contribution in [2.45, 2.75) is 26.2 Å². The van der Waals surface area contributed by atoms with Crippen LogP contribution >= 0.6 is 0 Å². The van der Waals surface area contributed by atoms with Crippen LogP contribution in [0.5, 0.6) is 5.88 Å². The quantitative estimate of drug-likeness (QED) is 0.430. The summed E-state index contributed by atoms with van der Waals surface area (Å²) in [6.45, 7) is 6.11. The minimum atomic E-state index is -0.411. The summed E-state index contributed by atoms with van der Waals surface area (Å²) in [6.07, 6.45) is 0. The van der Waals surface area contributed by atoms with E-state index in [0.717, 1.165) is 5.82 Å². The Kier molecular flexibility index (Phi) is 2.76. The molecule has 0 aliphatic rings. The second-order valence-electron chi connectivity index (χ2n) is 6.88. The van der Waals surface area contributed by atoms with Gasteiger partial charge in [0.1, 0.15) is 17.2 Å². The van der Waals surface area contributed by atoms with Crippen molar-refractivity contribution in [1.29, 1.82) is 0 Å². The van der Waals surface area contributed by atoms with Gasteiger partial charge in [-0.15, -0.1) is 0 Å². The summed E-state index contributed by atoms with van der Waals surface area (Å²) in [5, 5.41) is 11.9. The fourth-order valence-electron chi connectivity index (χ4n) is 2.92. The molecule has 4 N–H and O–H groups in total. The number of hydrogen-bond donors (Lipinski definition) is 3. The average molecular weight is 325 g/mol. The lowest BCUT2D eigenvalue weighted by Crippen LogP contribution is -2.12. The molecule has 7 heteroatoms. The number of nitrogens with two attached hydrogens (primary N) is 1. The number of fused-ring (bicyclic) bond motifs is 6. The largest absolute Gasteiger partial charge is 0.493 e. The number of aromatic amines is 1. The van der Waals surface area contributed by atoms with Crippen LogP contribution in [0.3, 0.4) is 0 Å². The van der Waals surface area contributed by atoms with Crippen LogP contribution in [0.2, 0.25) is 0 Å². The monoisotopic (exact) mass is 325 g/mol. The number of rotatable bonds is 0. The lowest BCUT2D eigenvalue weighted by molar-refractivity contribution is 0.461. The molecule has 4 aromatic rings. The molecular formula is C17H16FN5O. The summed E-state index contributed by atoms with van der Waals surface area (Å²) in [5.41, 5.74) is 7.23. The molecule has 0 spiro atoms. The van der Waals surface area contributed by atoms with Gasteiger partial charge in [-0.05, 0) is 18.2 Å². The van der Waals surface area contributed by atoms with Crippen molar-refractivity contribution in [2.75, 3.05) is 5.73 Å². The minimum absolute atomic E-state index is 0.0519. The van der Waals surface area contributed by atoms with Crippen molar-refractivity contribution in [3.8, 4) is 5.88 Å². The molecule has 0 aliphatic heterocycles. The van der Waals surface area contributed by atoms with E-state index in [9.17, 15) is 9.50 Å². The fraction of sp³-hybridized carbons (Fsp3) is 0.235. The third-order valence-electron chi connectivity index (χ3n) is 4.06. The van der Waals surface area contributed by atoms with Gasteiger partial charge in [0.15, 0.2) is 0 Å². The smallest absolute Gasteiger partial charge is 0.224 e. The minimum Gasteiger partial charge on any atom is -0.493 e. The van der Waals surface area contributed by atoms with Gasteiger partial charge in [-0.2, -0.15) is 4.98 Å². The maximum atomic E-state index is 13.8. The zero-order valence-electron chi connectivity index (χ0n) is 13.5. The van der Waals surface area contributed by atoms with Crippen LogP contribution in [0.4, 0.5) is 10.3 Å². The first-order valence-electron chi connectivity index (χ1n) is 7.53. The first-order valence-corrected chi connectivity index (χ1v) is 7.53. The van der Waals surface area contributed by atoms with Gasteiger partial charge >= 0.3 is 0 Å². The molecule has 2 aromatic carbocycles. The lowest BCUT2D eigenvalue weighted by Gasteiger charge is -2.13. The number of nitrogens with one attached hydrogen (secondary N) is 1. The molecule has 0 saturated carbocycles. The first-order chi connectivity index (χ1) is 11.3. The number of halogens is 1. The zero-order chi connectivity index (χ0) is 17.2. The number of H-pyrrole nitrogens is 1. The predicted molar refractivity (Wildman–Crippen MR) is 91.4 cm³/mol. The molecule has 4 rings (SSSR count). The predicted octanol–water partition coefficient (Wildman–Crippen LogP) is 3.38. The third kappa shape index (κ3) is 1.97. The van der Waals surface area contributed by atoms with Crippen molar-refractivity contribution in [2.24, 2.45) is 0 Å².